The number of nitrogens with zero attached hydrogens (tertiary/aromatic N) is 5. The van der Waals surface area contributed by atoms with E-state index in [1.54, 1.807) is 0 Å². The summed E-state index contributed by atoms with van der Waals surface area (Å²) >= 11 is 0. The Morgan fingerprint density at radius 2 is 0.818 bits per heavy atom. The van der Waals surface area contributed by atoms with E-state index >= 15 is 0 Å². The summed E-state index contributed by atoms with van der Waals surface area (Å²) in [6.45, 7) is 0. The Labute approximate surface area is 318 Å². The van der Waals surface area contributed by atoms with Gasteiger partial charge in [-0.15, -0.1) is 0 Å². The van der Waals surface area contributed by atoms with Gasteiger partial charge in [-0.3, -0.25) is 0 Å². The Morgan fingerprint density at radius 3 is 1.51 bits per heavy atom. The minimum absolute atomic E-state index is 0.677. The zero-order valence-electron chi connectivity index (χ0n) is 29.8. The monoisotopic (exact) mass is 703 g/mol. The number of hydrogen-bond acceptors (Lipinski definition) is 4. The number of aromatic nitrogens is 5. The van der Waals surface area contributed by atoms with Crippen LogP contribution >= 0.6 is 0 Å². The standard InChI is InChI=1S/C50H33N5/c1-5-17-34(18-6-1)43-33-44(52-49(51-43)36-21-9-3-10-22-36)39-25-15-23-37(31-39)38-24-16-26-40(32-38)50-53-46(35-19-7-2-8-20-35)48-47(54-50)42-29-13-14-30-45(42)55(48)41-27-11-4-12-28-41/h1-33H. The third-order valence-corrected chi connectivity index (χ3v) is 10.0. The average Bonchev–Trinajstić information content (AvgIpc) is 3.61. The van der Waals surface area contributed by atoms with E-state index in [0.29, 0.717) is 11.6 Å². The molecular weight excluding hydrogens is 671 g/mol. The first-order chi connectivity index (χ1) is 27.3. The summed E-state index contributed by atoms with van der Waals surface area (Å²) in [6.07, 6.45) is 0. The number of rotatable bonds is 7. The fourth-order valence-electron chi connectivity index (χ4n) is 7.38. The van der Waals surface area contributed by atoms with Crippen LogP contribution in [0, 0.1) is 0 Å². The molecule has 0 unspecified atom stereocenters. The maximum absolute atomic E-state index is 5.35. The first kappa shape index (κ1) is 32.2. The molecule has 0 aliphatic carbocycles. The molecule has 0 aliphatic rings. The quantitative estimate of drug-likeness (QED) is 0.166. The van der Waals surface area contributed by atoms with E-state index in [2.05, 4.69) is 156 Å². The summed E-state index contributed by atoms with van der Waals surface area (Å²) < 4.78 is 2.29. The summed E-state index contributed by atoms with van der Waals surface area (Å²) in [6, 6.07) is 69.0. The van der Waals surface area contributed by atoms with Crippen LogP contribution in [0.5, 0.6) is 0 Å². The van der Waals surface area contributed by atoms with Crippen molar-refractivity contribution in [2.45, 2.75) is 0 Å². The molecule has 0 bridgehead atoms. The summed E-state index contributed by atoms with van der Waals surface area (Å²) in [5.41, 5.74) is 13.9. The Kier molecular flexibility index (Phi) is 8.08. The Bertz CT molecular complexity index is 2900. The molecule has 0 saturated carbocycles. The fraction of sp³-hybridized carbons (Fsp3) is 0. The summed E-state index contributed by atoms with van der Waals surface area (Å²) in [5.74, 6) is 1.37. The fourth-order valence-corrected chi connectivity index (χ4v) is 7.38. The van der Waals surface area contributed by atoms with Crippen LogP contribution in [0.1, 0.15) is 0 Å². The third-order valence-electron chi connectivity index (χ3n) is 10.0. The second-order valence-electron chi connectivity index (χ2n) is 13.5. The molecule has 10 aromatic rings. The zero-order chi connectivity index (χ0) is 36.6. The van der Waals surface area contributed by atoms with Gasteiger partial charge in [0.1, 0.15) is 5.52 Å². The van der Waals surface area contributed by atoms with Gasteiger partial charge in [-0.2, -0.15) is 0 Å². The molecule has 10 rings (SSSR count). The van der Waals surface area contributed by atoms with E-state index < -0.39 is 0 Å². The van der Waals surface area contributed by atoms with Crippen LogP contribution in [-0.2, 0) is 0 Å². The van der Waals surface area contributed by atoms with Gasteiger partial charge >= 0.3 is 0 Å². The highest BCUT2D eigenvalue weighted by atomic mass is 15.0. The molecule has 0 spiro atoms. The van der Waals surface area contributed by atoms with Crippen LogP contribution in [-0.4, -0.2) is 24.5 Å². The Balaban J connectivity index is 1.11. The molecule has 0 saturated heterocycles. The van der Waals surface area contributed by atoms with Crippen molar-refractivity contribution < 1.29 is 0 Å². The first-order valence-corrected chi connectivity index (χ1v) is 18.4. The lowest BCUT2D eigenvalue weighted by Gasteiger charge is -2.13. The smallest absolute Gasteiger partial charge is 0.160 e. The molecule has 7 aromatic carbocycles. The summed E-state index contributed by atoms with van der Waals surface area (Å²) in [5, 5.41) is 1.08. The van der Waals surface area contributed by atoms with Gasteiger partial charge in [0.25, 0.3) is 0 Å². The number of fused-ring (bicyclic) bond motifs is 3. The Morgan fingerprint density at radius 1 is 0.327 bits per heavy atom. The van der Waals surface area contributed by atoms with Crippen LogP contribution in [0.25, 0.3) is 95.3 Å². The van der Waals surface area contributed by atoms with Crippen molar-refractivity contribution >= 4 is 21.9 Å². The van der Waals surface area contributed by atoms with Crippen molar-refractivity contribution in [3.8, 4) is 73.4 Å². The van der Waals surface area contributed by atoms with Crippen molar-refractivity contribution in [2.75, 3.05) is 0 Å². The third kappa shape index (κ3) is 6.04. The first-order valence-electron chi connectivity index (χ1n) is 18.4. The molecule has 55 heavy (non-hydrogen) atoms. The predicted molar refractivity (Wildman–Crippen MR) is 225 cm³/mol. The zero-order valence-corrected chi connectivity index (χ0v) is 29.8. The van der Waals surface area contributed by atoms with Crippen molar-refractivity contribution in [1.82, 2.24) is 24.5 Å². The summed E-state index contributed by atoms with van der Waals surface area (Å²) in [4.78, 5) is 20.8. The van der Waals surface area contributed by atoms with Gasteiger partial charge in [0.2, 0.25) is 0 Å². The van der Waals surface area contributed by atoms with Crippen LogP contribution < -0.4 is 0 Å². The van der Waals surface area contributed by atoms with E-state index in [0.717, 1.165) is 83.6 Å². The minimum atomic E-state index is 0.677. The molecule has 3 heterocycles. The number of hydrogen-bond donors (Lipinski definition) is 0. The highest BCUT2D eigenvalue weighted by molar-refractivity contribution is 6.11. The van der Waals surface area contributed by atoms with E-state index in [-0.39, 0.29) is 0 Å². The van der Waals surface area contributed by atoms with E-state index in [4.69, 9.17) is 19.9 Å². The lowest BCUT2D eigenvalue weighted by atomic mass is 9.99. The van der Waals surface area contributed by atoms with Crippen LogP contribution in [0.4, 0.5) is 0 Å². The molecule has 0 N–H and O–H groups in total. The van der Waals surface area contributed by atoms with Gasteiger partial charge in [-0.05, 0) is 47.5 Å². The largest absolute Gasteiger partial charge is 0.306 e. The Hall–Kier alpha value is -7.50. The molecular formula is C50H33N5. The van der Waals surface area contributed by atoms with Crippen molar-refractivity contribution in [3.05, 3.63) is 200 Å². The molecule has 5 nitrogen and oxygen atoms in total. The van der Waals surface area contributed by atoms with Gasteiger partial charge in [0.15, 0.2) is 11.6 Å². The van der Waals surface area contributed by atoms with E-state index in [1.165, 1.54) is 0 Å². The van der Waals surface area contributed by atoms with Gasteiger partial charge in [0.05, 0.1) is 28.1 Å². The highest BCUT2D eigenvalue weighted by Gasteiger charge is 2.21. The second-order valence-corrected chi connectivity index (χ2v) is 13.5. The molecule has 0 atom stereocenters. The highest BCUT2D eigenvalue weighted by Crippen LogP contribution is 2.38. The second kappa shape index (κ2) is 13.8. The number of para-hydroxylation sites is 2. The van der Waals surface area contributed by atoms with Crippen molar-refractivity contribution in [1.29, 1.82) is 0 Å². The summed E-state index contributed by atoms with van der Waals surface area (Å²) in [7, 11) is 0. The molecule has 0 fully saturated rings. The van der Waals surface area contributed by atoms with Gasteiger partial charge < -0.3 is 4.57 Å². The maximum atomic E-state index is 5.35. The van der Waals surface area contributed by atoms with Gasteiger partial charge in [-0.25, -0.2) is 19.9 Å². The van der Waals surface area contributed by atoms with Gasteiger partial charge in [-0.1, -0.05) is 164 Å². The minimum Gasteiger partial charge on any atom is -0.306 e. The molecule has 258 valence electrons. The molecule has 3 aromatic heterocycles. The van der Waals surface area contributed by atoms with E-state index in [9.17, 15) is 0 Å². The van der Waals surface area contributed by atoms with Crippen LogP contribution in [0.3, 0.4) is 0 Å². The average molecular weight is 704 g/mol. The number of benzene rings is 7. The predicted octanol–water partition coefficient (Wildman–Crippen LogP) is 12.4. The van der Waals surface area contributed by atoms with Gasteiger partial charge in [0, 0.05) is 38.9 Å². The van der Waals surface area contributed by atoms with Crippen molar-refractivity contribution in [3.63, 3.8) is 0 Å². The maximum Gasteiger partial charge on any atom is 0.160 e. The topological polar surface area (TPSA) is 56.5 Å². The lowest BCUT2D eigenvalue weighted by molar-refractivity contribution is 1.15. The molecule has 0 radical (unpaired) electrons. The van der Waals surface area contributed by atoms with E-state index in [1.807, 2.05) is 48.5 Å². The SMILES string of the molecule is c1ccc(-c2cc(-c3cccc(-c4cccc(-c5nc(-c6ccccc6)c6c(n5)c5ccccc5n6-c5ccccc5)c4)c3)nc(-c3ccccc3)n2)cc1. The molecule has 0 aliphatic heterocycles. The van der Waals surface area contributed by atoms with Crippen molar-refractivity contribution in [2.24, 2.45) is 0 Å². The normalized spacial score (nSPS) is 11.3. The van der Waals surface area contributed by atoms with Crippen LogP contribution in [0.2, 0.25) is 0 Å². The molecule has 5 heteroatoms. The molecule has 0 amide bonds. The van der Waals surface area contributed by atoms with Crippen LogP contribution in [0.15, 0.2) is 200 Å². The lowest BCUT2D eigenvalue weighted by Crippen LogP contribution is -1.99.